The molecule has 2 aliphatic rings. The lowest BCUT2D eigenvalue weighted by atomic mass is 9.89. The van der Waals surface area contributed by atoms with Gasteiger partial charge in [0, 0.05) is 16.6 Å². The highest BCUT2D eigenvalue weighted by atomic mass is 16.6. The Morgan fingerprint density at radius 3 is 2.62 bits per heavy atom. The molecule has 1 aromatic heterocycles. The molecular weight excluding hydrogens is 372 g/mol. The summed E-state index contributed by atoms with van der Waals surface area (Å²) in [4.78, 5) is 18.0. The third kappa shape index (κ3) is 2.61. The van der Waals surface area contributed by atoms with Crippen molar-refractivity contribution in [3.8, 4) is 17.2 Å². The van der Waals surface area contributed by atoms with E-state index in [0.29, 0.717) is 18.1 Å². The van der Waals surface area contributed by atoms with E-state index in [4.69, 9.17) is 18.9 Å². The van der Waals surface area contributed by atoms with E-state index in [1.54, 1.807) is 21.3 Å². The molecule has 150 valence electrons. The Morgan fingerprint density at radius 1 is 1.03 bits per heavy atom. The SMILES string of the molecule is COc1ccc2[nH]c3c(c2c1)CC1COC(=O)N1[C@H]3c1ccc(OC)c(OC)c1. The molecule has 0 aliphatic carbocycles. The Morgan fingerprint density at radius 2 is 1.86 bits per heavy atom. The van der Waals surface area contributed by atoms with Crippen LogP contribution in [-0.4, -0.2) is 50.0 Å². The number of cyclic esters (lactones) is 1. The minimum Gasteiger partial charge on any atom is -0.497 e. The molecule has 3 aromatic rings. The number of carbonyl (C=O) groups is 1. The average Bonchev–Trinajstić information content (AvgIpc) is 3.31. The van der Waals surface area contributed by atoms with Gasteiger partial charge in [-0.25, -0.2) is 4.79 Å². The summed E-state index contributed by atoms with van der Waals surface area (Å²) in [7, 11) is 4.88. The van der Waals surface area contributed by atoms with Gasteiger partial charge in [0.05, 0.1) is 27.4 Å². The first-order chi connectivity index (χ1) is 14.1. The molecule has 0 spiro atoms. The Kier molecular flexibility index (Phi) is 4.04. The van der Waals surface area contributed by atoms with Crippen molar-refractivity contribution in [1.82, 2.24) is 9.88 Å². The second kappa shape index (κ2) is 6.62. The molecular formula is C22H22N2O5. The van der Waals surface area contributed by atoms with Crippen LogP contribution in [0, 0.1) is 0 Å². The summed E-state index contributed by atoms with van der Waals surface area (Å²) in [5, 5.41) is 1.11. The zero-order valence-electron chi connectivity index (χ0n) is 16.5. The fourth-order valence-corrected chi connectivity index (χ4v) is 4.50. The number of carbonyl (C=O) groups excluding carboxylic acids is 1. The summed E-state index contributed by atoms with van der Waals surface area (Å²) < 4.78 is 21.7. The molecule has 0 saturated carbocycles. The number of aromatic nitrogens is 1. The number of nitrogens with zero attached hydrogens (tertiary/aromatic N) is 1. The summed E-state index contributed by atoms with van der Waals surface area (Å²) in [6.45, 7) is 0.388. The maximum absolute atomic E-state index is 12.6. The largest absolute Gasteiger partial charge is 0.497 e. The van der Waals surface area contributed by atoms with Crippen molar-refractivity contribution in [3.63, 3.8) is 0 Å². The van der Waals surface area contributed by atoms with Gasteiger partial charge >= 0.3 is 6.09 Å². The van der Waals surface area contributed by atoms with E-state index in [-0.39, 0.29) is 18.2 Å². The van der Waals surface area contributed by atoms with Crippen molar-refractivity contribution >= 4 is 17.0 Å². The fourth-order valence-electron chi connectivity index (χ4n) is 4.50. The summed E-state index contributed by atoms with van der Waals surface area (Å²) in [5.41, 5.74) is 4.15. The molecule has 2 aliphatic heterocycles. The van der Waals surface area contributed by atoms with E-state index < -0.39 is 0 Å². The molecule has 1 unspecified atom stereocenters. The highest BCUT2D eigenvalue weighted by molar-refractivity contribution is 5.87. The van der Waals surface area contributed by atoms with Crippen LogP contribution in [-0.2, 0) is 11.2 Å². The number of hydrogen-bond donors (Lipinski definition) is 1. The van der Waals surface area contributed by atoms with Gasteiger partial charge in [-0.05, 0) is 47.9 Å². The number of nitrogens with one attached hydrogen (secondary N) is 1. The van der Waals surface area contributed by atoms with E-state index in [1.807, 2.05) is 41.3 Å². The molecule has 2 aromatic carbocycles. The van der Waals surface area contributed by atoms with Gasteiger partial charge in [0.2, 0.25) is 0 Å². The average molecular weight is 394 g/mol. The Labute approximate surface area is 168 Å². The number of ether oxygens (including phenoxy) is 4. The molecule has 5 rings (SSSR count). The molecule has 7 nitrogen and oxygen atoms in total. The van der Waals surface area contributed by atoms with E-state index in [9.17, 15) is 4.79 Å². The van der Waals surface area contributed by atoms with Crippen LogP contribution in [0.25, 0.3) is 10.9 Å². The first-order valence-electron chi connectivity index (χ1n) is 9.50. The molecule has 3 heterocycles. The number of benzene rings is 2. The number of amides is 1. The second-order valence-electron chi connectivity index (χ2n) is 7.29. The van der Waals surface area contributed by atoms with E-state index in [1.165, 1.54) is 5.56 Å². The molecule has 0 bridgehead atoms. The number of H-pyrrole nitrogens is 1. The normalized spacial score (nSPS) is 20.2. The molecule has 29 heavy (non-hydrogen) atoms. The molecule has 1 fully saturated rings. The van der Waals surface area contributed by atoms with Crippen molar-refractivity contribution in [3.05, 3.63) is 53.2 Å². The highest BCUT2D eigenvalue weighted by Crippen LogP contribution is 2.45. The van der Waals surface area contributed by atoms with Gasteiger partial charge in [0.1, 0.15) is 18.4 Å². The van der Waals surface area contributed by atoms with Gasteiger partial charge in [-0.15, -0.1) is 0 Å². The van der Waals surface area contributed by atoms with Gasteiger partial charge in [0.15, 0.2) is 11.5 Å². The molecule has 2 atom stereocenters. The summed E-state index contributed by atoms with van der Waals surface area (Å²) in [6, 6.07) is 11.4. The second-order valence-corrected chi connectivity index (χ2v) is 7.29. The van der Waals surface area contributed by atoms with Crippen molar-refractivity contribution in [2.75, 3.05) is 27.9 Å². The first kappa shape index (κ1) is 17.7. The topological polar surface area (TPSA) is 73.0 Å². The Balaban J connectivity index is 1.72. The lowest BCUT2D eigenvalue weighted by Gasteiger charge is -2.35. The minimum atomic E-state index is -0.295. The van der Waals surface area contributed by atoms with Crippen LogP contribution < -0.4 is 14.2 Å². The highest BCUT2D eigenvalue weighted by Gasteiger charge is 2.45. The smallest absolute Gasteiger partial charge is 0.411 e. The van der Waals surface area contributed by atoms with Gasteiger partial charge in [-0.2, -0.15) is 0 Å². The zero-order valence-corrected chi connectivity index (χ0v) is 16.5. The molecule has 1 saturated heterocycles. The summed E-state index contributed by atoms with van der Waals surface area (Å²) in [5.74, 6) is 2.08. The Bertz CT molecular complexity index is 1110. The first-order valence-corrected chi connectivity index (χ1v) is 9.50. The van der Waals surface area contributed by atoms with E-state index >= 15 is 0 Å². The predicted molar refractivity (Wildman–Crippen MR) is 107 cm³/mol. The van der Waals surface area contributed by atoms with Gasteiger partial charge in [0.25, 0.3) is 0 Å². The standard InChI is InChI=1S/C22H22N2O5/c1-26-14-5-6-17-15(10-14)16-9-13-11-29-22(25)24(13)21(20(16)23-17)12-4-7-18(27-2)19(8-12)28-3/h4-8,10,13,21,23H,9,11H2,1-3H3/t13?,21-/m0/s1. The van der Waals surface area contributed by atoms with E-state index in [2.05, 4.69) is 4.98 Å². The maximum atomic E-state index is 12.6. The van der Waals surface area contributed by atoms with Crippen LogP contribution in [0.2, 0.25) is 0 Å². The fraction of sp³-hybridized carbons (Fsp3) is 0.318. The van der Waals surface area contributed by atoms with Gasteiger partial charge in [-0.3, -0.25) is 4.90 Å². The summed E-state index contributed by atoms with van der Waals surface area (Å²) in [6.07, 6.45) is 0.439. The van der Waals surface area contributed by atoms with Crippen molar-refractivity contribution in [2.45, 2.75) is 18.5 Å². The third-order valence-electron chi connectivity index (χ3n) is 5.86. The summed E-state index contributed by atoms with van der Waals surface area (Å²) >= 11 is 0. The quantitative estimate of drug-likeness (QED) is 0.731. The lowest BCUT2D eigenvalue weighted by Crippen LogP contribution is -2.42. The van der Waals surface area contributed by atoms with Crippen LogP contribution in [0.5, 0.6) is 17.2 Å². The van der Waals surface area contributed by atoms with Crippen LogP contribution in [0.1, 0.15) is 22.9 Å². The van der Waals surface area contributed by atoms with Crippen LogP contribution in [0.4, 0.5) is 4.79 Å². The number of methoxy groups -OCH3 is 3. The molecule has 1 N–H and O–H groups in total. The number of hydrogen-bond acceptors (Lipinski definition) is 5. The van der Waals surface area contributed by atoms with Crippen LogP contribution >= 0.6 is 0 Å². The zero-order chi connectivity index (χ0) is 20.1. The van der Waals surface area contributed by atoms with Gasteiger partial charge in [-0.1, -0.05) is 6.07 Å². The number of fused-ring (bicyclic) bond motifs is 4. The number of rotatable bonds is 4. The van der Waals surface area contributed by atoms with Gasteiger partial charge < -0.3 is 23.9 Å². The van der Waals surface area contributed by atoms with Crippen molar-refractivity contribution in [1.29, 1.82) is 0 Å². The van der Waals surface area contributed by atoms with E-state index in [0.717, 1.165) is 34.3 Å². The van der Waals surface area contributed by atoms with Crippen molar-refractivity contribution in [2.24, 2.45) is 0 Å². The van der Waals surface area contributed by atoms with Crippen LogP contribution in [0.15, 0.2) is 36.4 Å². The predicted octanol–water partition coefficient (Wildman–Crippen LogP) is 3.66. The molecule has 7 heteroatoms. The molecule has 1 amide bonds. The number of aromatic amines is 1. The maximum Gasteiger partial charge on any atom is 0.411 e. The minimum absolute atomic E-state index is 0.0155. The lowest BCUT2D eigenvalue weighted by molar-refractivity contribution is 0.147. The monoisotopic (exact) mass is 394 g/mol. The third-order valence-corrected chi connectivity index (χ3v) is 5.86. The van der Waals surface area contributed by atoms with Crippen LogP contribution in [0.3, 0.4) is 0 Å². The molecule has 0 radical (unpaired) electrons. The Hall–Kier alpha value is -3.35. The van der Waals surface area contributed by atoms with Crippen molar-refractivity contribution < 1.29 is 23.7 Å².